The van der Waals surface area contributed by atoms with E-state index in [1.165, 1.54) is 0 Å². The third-order valence-corrected chi connectivity index (χ3v) is 2.03. The van der Waals surface area contributed by atoms with Crippen molar-refractivity contribution in [3.63, 3.8) is 0 Å². The highest BCUT2D eigenvalue weighted by atomic mass is 16.5. The third kappa shape index (κ3) is 3.16. The van der Waals surface area contributed by atoms with Crippen LogP contribution in [0.25, 0.3) is 0 Å². The van der Waals surface area contributed by atoms with E-state index < -0.39 is 5.91 Å². The smallest absolute Gasteiger partial charge is 0.255 e. The maximum Gasteiger partial charge on any atom is 0.255 e. The van der Waals surface area contributed by atoms with E-state index in [0.717, 1.165) is 11.3 Å². The van der Waals surface area contributed by atoms with Crippen LogP contribution in [0.4, 0.5) is 5.69 Å². The molecule has 0 saturated heterocycles. The average molecular weight is 208 g/mol. The van der Waals surface area contributed by atoms with Gasteiger partial charge in [0, 0.05) is 19.8 Å². The number of primary amides is 1. The summed E-state index contributed by atoms with van der Waals surface area (Å²) in [5.74, 6) is 0.196. The van der Waals surface area contributed by atoms with Crippen LogP contribution in [0.5, 0.6) is 5.75 Å². The summed E-state index contributed by atoms with van der Waals surface area (Å²) in [6, 6.07) is 5.66. The van der Waals surface area contributed by atoms with Crippen molar-refractivity contribution in [2.45, 2.75) is 6.92 Å². The minimum atomic E-state index is -0.468. The maximum absolute atomic E-state index is 10.5. The Labute approximate surface area is 89.6 Å². The van der Waals surface area contributed by atoms with Gasteiger partial charge in [-0.05, 0) is 30.7 Å². The fourth-order valence-corrected chi connectivity index (χ4v) is 1.37. The molecule has 0 aliphatic rings. The maximum atomic E-state index is 10.5. The quantitative estimate of drug-likeness (QED) is 0.800. The van der Waals surface area contributed by atoms with Crippen LogP contribution in [0.2, 0.25) is 0 Å². The van der Waals surface area contributed by atoms with Crippen molar-refractivity contribution in [3.8, 4) is 5.75 Å². The summed E-state index contributed by atoms with van der Waals surface area (Å²) in [7, 11) is 3.96. The molecule has 2 N–H and O–H groups in total. The number of rotatable bonds is 4. The Bertz CT molecular complexity index is 362. The number of carbonyl (C=O) groups excluding carboxylic acids is 1. The summed E-state index contributed by atoms with van der Waals surface area (Å²) < 4.78 is 5.19. The highest BCUT2D eigenvalue weighted by Crippen LogP contribution is 2.22. The van der Waals surface area contributed by atoms with Gasteiger partial charge in [0.1, 0.15) is 5.75 Å². The average Bonchev–Trinajstić information content (AvgIpc) is 2.14. The molecule has 0 atom stereocenters. The molecule has 0 aromatic heterocycles. The molecular formula is C11H16N2O2. The molecule has 0 bridgehead atoms. The van der Waals surface area contributed by atoms with Gasteiger partial charge < -0.3 is 15.4 Å². The van der Waals surface area contributed by atoms with Gasteiger partial charge in [-0.3, -0.25) is 4.79 Å². The first-order valence-electron chi connectivity index (χ1n) is 4.70. The first-order chi connectivity index (χ1) is 7.00. The third-order valence-electron chi connectivity index (χ3n) is 2.03. The Morgan fingerprint density at radius 3 is 2.60 bits per heavy atom. The Hall–Kier alpha value is -1.71. The zero-order valence-corrected chi connectivity index (χ0v) is 9.28. The predicted molar refractivity (Wildman–Crippen MR) is 60.2 cm³/mol. The first kappa shape index (κ1) is 11.4. The van der Waals surface area contributed by atoms with Crippen molar-refractivity contribution >= 4 is 11.6 Å². The number of aryl methyl sites for hydroxylation is 1. The van der Waals surface area contributed by atoms with Gasteiger partial charge in [0.25, 0.3) is 5.91 Å². The standard InChI is InChI=1S/C11H16N2O2/c1-8-6-9(15-7-11(12)14)4-5-10(8)13(2)3/h4-6H,7H2,1-3H3,(H2,12,14). The molecule has 1 aromatic rings. The van der Waals surface area contributed by atoms with E-state index in [4.69, 9.17) is 10.5 Å². The molecule has 4 heteroatoms. The number of carbonyl (C=O) groups is 1. The molecule has 0 radical (unpaired) electrons. The van der Waals surface area contributed by atoms with E-state index >= 15 is 0 Å². The lowest BCUT2D eigenvalue weighted by atomic mass is 10.2. The molecule has 15 heavy (non-hydrogen) atoms. The summed E-state index contributed by atoms with van der Waals surface area (Å²) in [6.07, 6.45) is 0. The van der Waals surface area contributed by atoms with E-state index in [2.05, 4.69) is 0 Å². The SMILES string of the molecule is Cc1cc(OCC(N)=O)ccc1N(C)C. The fourth-order valence-electron chi connectivity index (χ4n) is 1.37. The van der Waals surface area contributed by atoms with Crippen molar-refractivity contribution in [2.24, 2.45) is 5.73 Å². The topological polar surface area (TPSA) is 55.6 Å². The van der Waals surface area contributed by atoms with Crippen LogP contribution in [-0.4, -0.2) is 26.6 Å². The first-order valence-corrected chi connectivity index (χ1v) is 4.70. The Kier molecular flexibility index (Phi) is 3.55. The second kappa shape index (κ2) is 4.68. The zero-order valence-electron chi connectivity index (χ0n) is 9.28. The fraction of sp³-hybridized carbons (Fsp3) is 0.364. The van der Waals surface area contributed by atoms with Gasteiger partial charge in [0.05, 0.1) is 0 Å². The molecule has 4 nitrogen and oxygen atoms in total. The normalized spacial score (nSPS) is 9.80. The van der Waals surface area contributed by atoms with Crippen molar-refractivity contribution in [1.29, 1.82) is 0 Å². The number of hydrogen-bond acceptors (Lipinski definition) is 3. The van der Waals surface area contributed by atoms with Gasteiger partial charge in [-0.1, -0.05) is 0 Å². The van der Waals surface area contributed by atoms with Gasteiger partial charge in [0.2, 0.25) is 0 Å². The molecule has 0 heterocycles. The van der Waals surface area contributed by atoms with E-state index in [9.17, 15) is 4.79 Å². The molecule has 0 spiro atoms. The van der Waals surface area contributed by atoms with E-state index in [-0.39, 0.29) is 6.61 Å². The van der Waals surface area contributed by atoms with Crippen LogP contribution >= 0.6 is 0 Å². The highest BCUT2D eigenvalue weighted by molar-refractivity contribution is 5.75. The Balaban J connectivity index is 2.77. The van der Waals surface area contributed by atoms with Crippen LogP contribution in [-0.2, 0) is 4.79 Å². The zero-order chi connectivity index (χ0) is 11.4. The molecule has 1 aromatic carbocycles. The number of benzene rings is 1. The number of nitrogens with two attached hydrogens (primary N) is 1. The van der Waals surface area contributed by atoms with E-state index in [0.29, 0.717) is 5.75 Å². The molecular weight excluding hydrogens is 192 g/mol. The van der Waals surface area contributed by atoms with Gasteiger partial charge in [-0.25, -0.2) is 0 Å². The van der Waals surface area contributed by atoms with Crippen molar-refractivity contribution in [2.75, 3.05) is 25.6 Å². The second-order valence-electron chi connectivity index (χ2n) is 3.60. The number of nitrogens with zero attached hydrogens (tertiary/aromatic N) is 1. The summed E-state index contributed by atoms with van der Waals surface area (Å²) in [5.41, 5.74) is 7.21. The largest absolute Gasteiger partial charge is 0.484 e. The highest BCUT2D eigenvalue weighted by Gasteiger charge is 2.03. The molecule has 0 aliphatic carbocycles. The lowest BCUT2D eigenvalue weighted by Crippen LogP contribution is -2.20. The van der Waals surface area contributed by atoms with Gasteiger partial charge in [-0.15, -0.1) is 0 Å². The van der Waals surface area contributed by atoms with Crippen molar-refractivity contribution in [3.05, 3.63) is 23.8 Å². The molecule has 0 aliphatic heterocycles. The molecule has 0 unspecified atom stereocenters. The lowest BCUT2D eigenvalue weighted by molar-refractivity contribution is -0.119. The molecule has 0 saturated carbocycles. The summed E-state index contributed by atoms with van der Waals surface area (Å²) in [6.45, 7) is 1.91. The number of anilines is 1. The van der Waals surface area contributed by atoms with Gasteiger partial charge >= 0.3 is 0 Å². The molecule has 1 rings (SSSR count). The van der Waals surface area contributed by atoms with Crippen molar-refractivity contribution < 1.29 is 9.53 Å². The van der Waals surface area contributed by atoms with Crippen LogP contribution in [0.1, 0.15) is 5.56 Å². The number of hydrogen-bond donors (Lipinski definition) is 1. The van der Waals surface area contributed by atoms with Crippen LogP contribution in [0.15, 0.2) is 18.2 Å². The molecule has 0 fully saturated rings. The minimum absolute atomic E-state index is 0.0826. The Morgan fingerprint density at radius 2 is 2.13 bits per heavy atom. The lowest BCUT2D eigenvalue weighted by Gasteiger charge is -2.16. The second-order valence-corrected chi connectivity index (χ2v) is 3.60. The summed E-state index contributed by atoms with van der Waals surface area (Å²) in [5, 5.41) is 0. The molecule has 1 amide bonds. The van der Waals surface area contributed by atoms with Crippen LogP contribution in [0.3, 0.4) is 0 Å². The summed E-state index contributed by atoms with van der Waals surface area (Å²) >= 11 is 0. The van der Waals surface area contributed by atoms with E-state index in [1.807, 2.05) is 44.1 Å². The summed E-state index contributed by atoms with van der Waals surface area (Å²) in [4.78, 5) is 12.5. The van der Waals surface area contributed by atoms with Crippen LogP contribution < -0.4 is 15.4 Å². The minimum Gasteiger partial charge on any atom is -0.484 e. The van der Waals surface area contributed by atoms with Crippen LogP contribution in [0, 0.1) is 6.92 Å². The molecule has 82 valence electrons. The number of ether oxygens (including phenoxy) is 1. The van der Waals surface area contributed by atoms with Crippen molar-refractivity contribution in [1.82, 2.24) is 0 Å². The Morgan fingerprint density at radius 1 is 1.47 bits per heavy atom. The van der Waals surface area contributed by atoms with Gasteiger partial charge in [-0.2, -0.15) is 0 Å². The van der Waals surface area contributed by atoms with E-state index in [1.54, 1.807) is 0 Å². The van der Waals surface area contributed by atoms with Gasteiger partial charge in [0.15, 0.2) is 6.61 Å². The number of amides is 1. The monoisotopic (exact) mass is 208 g/mol. The predicted octanol–water partition coefficient (Wildman–Crippen LogP) is 0.925.